The Morgan fingerprint density at radius 1 is 2.00 bits per heavy atom. The second kappa shape index (κ2) is 2.36. The molecule has 0 unspecified atom stereocenters. The van der Waals surface area contributed by atoms with Crippen molar-refractivity contribution in [2.45, 2.75) is 6.10 Å². The fourth-order valence-corrected chi connectivity index (χ4v) is 0.116. The van der Waals surface area contributed by atoms with Crippen LogP contribution in [0, 0.1) is 0 Å². The summed E-state index contributed by atoms with van der Waals surface area (Å²) in [5.74, 6) is -0.769. The van der Waals surface area contributed by atoms with Crippen LogP contribution >= 0.6 is 0 Å². The van der Waals surface area contributed by atoms with Crippen LogP contribution in [-0.2, 0) is 4.79 Å². The Bertz CT molecular complexity index is 89.7. The van der Waals surface area contributed by atoms with Crippen LogP contribution in [0.25, 0.3) is 0 Å². The minimum absolute atomic E-state index is 0.769. The van der Waals surface area contributed by atoms with E-state index in [0.717, 1.165) is 6.08 Å². The molecule has 0 bridgehead atoms. The van der Waals surface area contributed by atoms with Gasteiger partial charge in [0.2, 0.25) is 5.91 Å². The number of amides is 1. The van der Waals surface area contributed by atoms with Crippen molar-refractivity contribution in [1.82, 2.24) is 0 Å². The van der Waals surface area contributed by atoms with Crippen molar-refractivity contribution in [3.8, 4) is 0 Å². The predicted molar refractivity (Wildman–Crippen MR) is 25.4 cm³/mol. The van der Waals surface area contributed by atoms with E-state index in [2.05, 4.69) is 12.3 Å². The van der Waals surface area contributed by atoms with Gasteiger partial charge in [-0.25, -0.2) is 0 Å². The first kappa shape index (κ1) is 6.17. The van der Waals surface area contributed by atoms with Gasteiger partial charge in [-0.2, -0.15) is 0 Å². The lowest BCUT2D eigenvalue weighted by Gasteiger charge is -1.93. The lowest BCUT2D eigenvalue weighted by Crippen LogP contribution is -2.25. The lowest BCUT2D eigenvalue weighted by atomic mass is 10.3. The monoisotopic (exact) mass is 101 g/mol. The Labute approximate surface area is 41.4 Å². The van der Waals surface area contributed by atoms with E-state index in [1.54, 1.807) is 0 Å². The van der Waals surface area contributed by atoms with Crippen LogP contribution in [0.5, 0.6) is 0 Å². The predicted octanol–water partition coefficient (Wildman–Crippen LogP) is -0.981. The number of primary amides is 1. The fourth-order valence-electron chi connectivity index (χ4n) is 0.116. The van der Waals surface area contributed by atoms with Gasteiger partial charge in [0.05, 0.1) is 0 Å². The number of carbonyl (C=O) groups is 1. The first-order chi connectivity index (χ1) is 3.18. The molecule has 3 heteroatoms. The van der Waals surface area contributed by atoms with Crippen LogP contribution in [0.3, 0.4) is 0 Å². The second-order valence-electron chi connectivity index (χ2n) is 1.08. The highest BCUT2D eigenvalue weighted by molar-refractivity contribution is 5.80. The number of hydrogen-bond donors (Lipinski definition) is 2. The first-order valence-corrected chi connectivity index (χ1v) is 1.78. The largest absolute Gasteiger partial charge is 0.379 e. The molecule has 1 atom stereocenters. The van der Waals surface area contributed by atoms with Crippen molar-refractivity contribution >= 4 is 5.91 Å². The van der Waals surface area contributed by atoms with E-state index >= 15 is 0 Å². The standard InChI is InChI=1S/C4H7NO2/c1-2-3(6)4(5)7/h2-3,6H,1H2,(H2,5,7)/t3-/m0/s1. The molecular weight excluding hydrogens is 94.0 g/mol. The van der Waals surface area contributed by atoms with Crippen LogP contribution in [-0.4, -0.2) is 17.1 Å². The molecule has 0 heterocycles. The van der Waals surface area contributed by atoms with Gasteiger partial charge in [0.25, 0.3) is 0 Å². The lowest BCUT2D eigenvalue weighted by molar-refractivity contribution is -0.123. The zero-order chi connectivity index (χ0) is 5.86. The highest BCUT2D eigenvalue weighted by atomic mass is 16.3. The quantitative estimate of drug-likeness (QED) is 0.439. The van der Waals surface area contributed by atoms with Gasteiger partial charge >= 0.3 is 0 Å². The summed E-state index contributed by atoms with van der Waals surface area (Å²) in [6.07, 6.45) is -0.123. The third kappa shape index (κ3) is 1.94. The average Bonchev–Trinajstić information content (AvgIpc) is 1.65. The Hall–Kier alpha value is -0.830. The van der Waals surface area contributed by atoms with Gasteiger partial charge in [-0.1, -0.05) is 12.7 Å². The van der Waals surface area contributed by atoms with E-state index in [1.807, 2.05) is 0 Å². The van der Waals surface area contributed by atoms with E-state index in [9.17, 15) is 4.79 Å². The van der Waals surface area contributed by atoms with Gasteiger partial charge in [-0.15, -0.1) is 0 Å². The summed E-state index contributed by atoms with van der Waals surface area (Å²) in [7, 11) is 0. The summed E-state index contributed by atoms with van der Waals surface area (Å²) >= 11 is 0. The van der Waals surface area contributed by atoms with Crippen LogP contribution in [0.2, 0.25) is 0 Å². The molecule has 0 saturated carbocycles. The van der Waals surface area contributed by atoms with Crippen LogP contribution in [0.4, 0.5) is 0 Å². The van der Waals surface area contributed by atoms with Crippen LogP contribution in [0.1, 0.15) is 0 Å². The summed E-state index contributed by atoms with van der Waals surface area (Å²) in [5.41, 5.74) is 4.59. The molecule has 1 amide bonds. The summed E-state index contributed by atoms with van der Waals surface area (Å²) in [6.45, 7) is 3.13. The van der Waals surface area contributed by atoms with Crippen molar-refractivity contribution in [2.24, 2.45) is 5.73 Å². The highest BCUT2D eigenvalue weighted by Crippen LogP contribution is 1.76. The summed E-state index contributed by atoms with van der Waals surface area (Å²) in [6, 6.07) is 0. The molecule has 0 aromatic carbocycles. The molecule has 0 aromatic rings. The second-order valence-corrected chi connectivity index (χ2v) is 1.08. The normalized spacial score (nSPS) is 12.7. The van der Waals surface area contributed by atoms with E-state index in [4.69, 9.17) is 5.11 Å². The minimum Gasteiger partial charge on any atom is -0.379 e. The highest BCUT2D eigenvalue weighted by Gasteiger charge is 2.01. The average molecular weight is 101 g/mol. The molecular formula is C4H7NO2. The molecule has 0 aromatic heterocycles. The Morgan fingerprint density at radius 3 is 2.43 bits per heavy atom. The molecule has 7 heavy (non-hydrogen) atoms. The first-order valence-electron chi connectivity index (χ1n) is 1.78. The van der Waals surface area contributed by atoms with E-state index < -0.39 is 12.0 Å². The smallest absolute Gasteiger partial charge is 0.250 e. The number of aliphatic hydroxyl groups is 1. The van der Waals surface area contributed by atoms with Gasteiger partial charge in [0.15, 0.2) is 0 Å². The van der Waals surface area contributed by atoms with Crippen molar-refractivity contribution < 1.29 is 9.90 Å². The molecule has 3 nitrogen and oxygen atoms in total. The molecule has 0 fully saturated rings. The Morgan fingerprint density at radius 2 is 2.43 bits per heavy atom. The maximum Gasteiger partial charge on any atom is 0.250 e. The molecule has 0 spiro atoms. The molecule has 0 aliphatic rings. The van der Waals surface area contributed by atoms with Gasteiger partial charge in [0.1, 0.15) is 6.10 Å². The maximum atomic E-state index is 9.83. The molecule has 0 aliphatic heterocycles. The summed E-state index contributed by atoms with van der Waals surface area (Å²) in [5, 5.41) is 8.34. The molecule has 3 N–H and O–H groups in total. The third-order valence-corrected chi connectivity index (χ3v) is 0.515. The molecule has 0 aliphatic carbocycles. The molecule has 0 rings (SSSR count). The van der Waals surface area contributed by atoms with Crippen LogP contribution in [0.15, 0.2) is 12.7 Å². The van der Waals surface area contributed by atoms with Crippen LogP contribution < -0.4 is 5.73 Å². The zero-order valence-corrected chi connectivity index (χ0v) is 3.79. The van der Waals surface area contributed by atoms with Crippen molar-refractivity contribution in [2.75, 3.05) is 0 Å². The van der Waals surface area contributed by atoms with E-state index in [-0.39, 0.29) is 0 Å². The molecule has 0 saturated heterocycles. The van der Waals surface area contributed by atoms with Crippen molar-refractivity contribution in [3.05, 3.63) is 12.7 Å². The van der Waals surface area contributed by atoms with Crippen molar-refractivity contribution in [1.29, 1.82) is 0 Å². The fraction of sp³-hybridized carbons (Fsp3) is 0.250. The minimum atomic E-state index is -1.19. The van der Waals surface area contributed by atoms with Gasteiger partial charge in [-0.3, -0.25) is 4.79 Å². The number of carbonyl (C=O) groups excluding carboxylic acids is 1. The van der Waals surface area contributed by atoms with E-state index in [1.165, 1.54) is 0 Å². The number of aliphatic hydroxyl groups excluding tert-OH is 1. The van der Waals surface area contributed by atoms with Gasteiger partial charge in [0, 0.05) is 0 Å². The number of hydrogen-bond acceptors (Lipinski definition) is 2. The van der Waals surface area contributed by atoms with E-state index in [0.29, 0.717) is 0 Å². The van der Waals surface area contributed by atoms with Gasteiger partial charge in [-0.05, 0) is 0 Å². The third-order valence-electron chi connectivity index (χ3n) is 0.515. The summed E-state index contributed by atoms with van der Waals surface area (Å²) < 4.78 is 0. The van der Waals surface area contributed by atoms with Crippen molar-refractivity contribution in [3.63, 3.8) is 0 Å². The molecule has 0 radical (unpaired) electrons. The maximum absolute atomic E-state index is 9.83. The number of rotatable bonds is 2. The zero-order valence-electron chi connectivity index (χ0n) is 3.79. The number of nitrogens with two attached hydrogens (primary N) is 1. The van der Waals surface area contributed by atoms with Gasteiger partial charge < -0.3 is 10.8 Å². The Balaban J connectivity index is 3.55. The summed E-state index contributed by atoms with van der Waals surface area (Å²) in [4.78, 5) is 9.83. The topological polar surface area (TPSA) is 63.3 Å². The SMILES string of the molecule is C=C[C@H](O)C(N)=O. The molecule has 40 valence electrons. The Kier molecular flexibility index (Phi) is 2.08.